The maximum absolute atomic E-state index is 13.3. The highest BCUT2D eigenvalue weighted by Crippen LogP contribution is 2.41. The predicted octanol–water partition coefficient (Wildman–Crippen LogP) is 3.51. The number of piperazine rings is 1. The van der Waals surface area contributed by atoms with Crippen LogP contribution < -0.4 is 20.3 Å². The molecule has 1 atom stereocenters. The van der Waals surface area contributed by atoms with E-state index in [9.17, 15) is 19.2 Å². The number of benzene rings is 2. The highest BCUT2D eigenvalue weighted by atomic mass is 16.5. The summed E-state index contributed by atoms with van der Waals surface area (Å²) < 4.78 is 11.9. The molecule has 5 heterocycles. The predicted molar refractivity (Wildman–Crippen MR) is 195 cm³/mol. The zero-order chi connectivity index (χ0) is 36.7. The summed E-state index contributed by atoms with van der Waals surface area (Å²) in [6.45, 7) is 9.17. The van der Waals surface area contributed by atoms with Gasteiger partial charge in [-0.25, -0.2) is 9.97 Å². The molecule has 3 aliphatic heterocycles. The smallest absolute Gasteiger partial charge is 0.264 e. The molecule has 2 aromatic heterocycles. The first-order valence-corrected chi connectivity index (χ1v) is 18.0. The first kappa shape index (κ1) is 34.3. The molecule has 4 amide bonds. The van der Waals surface area contributed by atoms with Crippen molar-refractivity contribution in [3.05, 3.63) is 72.2 Å². The average molecular weight is 720 g/mol. The number of hydrogen-bond acceptors (Lipinski definition) is 11. The lowest BCUT2D eigenvalue weighted by atomic mass is 10.0. The van der Waals surface area contributed by atoms with E-state index < -0.39 is 23.8 Å². The van der Waals surface area contributed by atoms with Gasteiger partial charge in [0.1, 0.15) is 35.2 Å². The van der Waals surface area contributed by atoms with Crippen LogP contribution in [0.2, 0.25) is 0 Å². The number of ether oxygens (including phenoxy) is 2. The SMILES string of the molecule is C=C1CCC(N2C(=O)c3cccc(NCCOCCC(=O)N4CCN(c5cc(-c6n[nH]c7ccc(OC8(C)CC8)cc67)ncn5)CC4)c3C2=O)C(=O)N1. The molecular weight excluding hydrogens is 678 g/mol. The zero-order valence-electron chi connectivity index (χ0n) is 29.5. The molecule has 2 saturated heterocycles. The van der Waals surface area contributed by atoms with Gasteiger partial charge in [0.2, 0.25) is 11.8 Å². The number of nitrogens with zero attached hydrogens (tertiary/aromatic N) is 6. The van der Waals surface area contributed by atoms with Crippen LogP contribution in [-0.4, -0.2) is 111 Å². The average Bonchev–Trinajstić information content (AvgIpc) is 3.64. The van der Waals surface area contributed by atoms with E-state index in [1.54, 1.807) is 24.5 Å². The van der Waals surface area contributed by atoms with Crippen molar-refractivity contribution in [3.63, 3.8) is 0 Å². The molecule has 4 aliphatic rings. The molecule has 15 heteroatoms. The molecule has 4 aromatic rings. The lowest BCUT2D eigenvalue weighted by Gasteiger charge is -2.35. The van der Waals surface area contributed by atoms with E-state index in [-0.39, 0.29) is 35.7 Å². The lowest BCUT2D eigenvalue weighted by Crippen LogP contribution is -2.51. The number of aromatic nitrogens is 4. The third-order valence-corrected chi connectivity index (χ3v) is 10.3. The van der Waals surface area contributed by atoms with Gasteiger partial charge in [0.15, 0.2) is 0 Å². The Bertz CT molecular complexity index is 2120. The van der Waals surface area contributed by atoms with Gasteiger partial charge in [-0.1, -0.05) is 12.6 Å². The minimum Gasteiger partial charge on any atom is -0.488 e. The second-order valence-corrected chi connectivity index (χ2v) is 14.1. The van der Waals surface area contributed by atoms with E-state index in [4.69, 9.17) is 9.47 Å². The second kappa shape index (κ2) is 14.0. The highest BCUT2D eigenvalue weighted by Gasteiger charge is 2.45. The number of rotatable bonds is 12. The summed E-state index contributed by atoms with van der Waals surface area (Å²) >= 11 is 0. The standard InChI is InChI=1S/C38H41N9O6/c1-23-6-9-30(35(49)42-23)47-36(50)25-4-3-5-28(33(25)37(47)51)39-13-19-52-18-10-32(48)46-16-14-45(15-17-46)31-21-29(40-22-41-31)34-26-20-24(53-38(2)11-12-38)7-8-27(26)43-44-34/h3-5,7-8,20-22,30,39H,1,6,9-19H2,2H3,(H,42,49)(H,43,44). The van der Waals surface area contributed by atoms with E-state index >= 15 is 0 Å². The van der Waals surface area contributed by atoms with Crippen molar-refractivity contribution in [2.45, 2.75) is 50.7 Å². The van der Waals surface area contributed by atoms with Crippen LogP contribution in [0.25, 0.3) is 22.3 Å². The van der Waals surface area contributed by atoms with Gasteiger partial charge in [-0.3, -0.25) is 29.2 Å². The molecule has 3 N–H and O–H groups in total. The van der Waals surface area contributed by atoms with E-state index in [0.717, 1.165) is 45.9 Å². The van der Waals surface area contributed by atoms with E-state index in [2.05, 4.69) is 49.2 Å². The van der Waals surface area contributed by atoms with Crippen LogP contribution in [0.1, 0.15) is 59.7 Å². The quantitative estimate of drug-likeness (QED) is 0.144. The minimum absolute atomic E-state index is 0.0162. The maximum atomic E-state index is 13.3. The monoisotopic (exact) mass is 719 g/mol. The van der Waals surface area contributed by atoms with Gasteiger partial charge >= 0.3 is 0 Å². The van der Waals surface area contributed by atoms with Crippen molar-refractivity contribution < 1.29 is 28.7 Å². The molecule has 0 radical (unpaired) electrons. The topological polar surface area (TPSA) is 175 Å². The Kier molecular flexibility index (Phi) is 9.02. The third-order valence-electron chi connectivity index (χ3n) is 10.3. The van der Waals surface area contributed by atoms with Crippen molar-refractivity contribution in [1.82, 2.24) is 35.3 Å². The van der Waals surface area contributed by atoms with Gasteiger partial charge < -0.3 is 29.9 Å². The Labute approximate surface area is 305 Å². The molecule has 1 saturated carbocycles. The lowest BCUT2D eigenvalue weighted by molar-refractivity contribution is -0.132. The maximum Gasteiger partial charge on any atom is 0.264 e. The number of nitrogens with one attached hydrogen (secondary N) is 3. The Morgan fingerprint density at radius 1 is 1.04 bits per heavy atom. The third kappa shape index (κ3) is 6.91. The van der Waals surface area contributed by atoms with E-state index in [0.29, 0.717) is 69.3 Å². The number of anilines is 2. The molecule has 15 nitrogen and oxygen atoms in total. The fourth-order valence-electron chi connectivity index (χ4n) is 7.07. The van der Waals surface area contributed by atoms with Gasteiger partial charge in [0.25, 0.3) is 11.8 Å². The zero-order valence-corrected chi connectivity index (χ0v) is 29.5. The number of fused-ring (bicyclic) bond motifs is 2. The molecule has 3 fully saturated rings. The molecule has 0 bridgehead atoms. The summed E-state index contributed by atoms with van der Waals surface area (Å²) in [4.78, 5) is 66.1. The first-order valence-electron chi connectivity index (χ1n) is 18.0. The number of amides is 4. The normalized spacial score (nSPS) is 19.4. The Hall–Kier alpha value is -5.83. The van der Waals surface area contributed by atoms with Crippen LogP contribution in [0, 0.1) is 0 Å². The molecule has 274 valence electrons. The van der Waals surface area contributed by atoms with Crippen LogP contribution in [0.4, 0.5) is 11.5 Å². The number of aromatic amines is 1. The van der Waals surface area contributed by atoms with Gasteiger partial charge in [0, 0.05) is 55.6 Å². The molecule has 53 heavy (non-hydrogen) atoms. The van der Waals surface area contributed by atoms with Gasteiger partial charge in [-0.2, -0.15) is 5.10 Å². The summed E-state index contributed by atoms with van der Waals surface area (Å²) in [6.07, 6.45) is 4.74. The van der Waals surface area contributed by atoms with Crippen molar-refractivity contribution in [2.24, 2.45) is 0 Å². The van der Waals surface area contributed by atoms with Gasteiger partial charge in [0.05, 0.1) is 42.0 Å². The van der Waals surface area contributed by atoms with Crippen LogP contribution in [0.3, 0.4) is 0 Å². The van der Waals surface area contributed by atoms with Crippen LogP contribution >= 0.6 is 0 Å². The number of carbonyl (C=O) groups is 4. The Morgan fingerprint density at radius 3 is 2.66 bits per heavy atom. The minimum atomic E-state index is -0.872. The van der Waals surface area contributed by atoms with E-state index in [1.807, 2.05) is 29.2 Å². The van der Waals surface area contributed by atoms with Crippen molar-refractivity contribution >= 4 is 46.0 Å². The number of imide groups is 1. The Morgan fingerprint density at radius 2 is 1.87 bits per heavy atom. The highest BCUT2D eigenvalue weighted by molar-refractivity contribution is 6.25. The fourth-order valence-corrected chi connectivity index (χ4v) is 7.07. The van der Waals surface area contributed by atoms with Crippen molar-refractivity contribution in [2.75, 3.05) is 56.2 Å². The van der Waals surface area contributed by atoms with Crippen molar-refractivity contribution in [3.8, 4) is 17.1 Å². The number of piperidine rings is 1. The van der Waals surface area contributed by atoms with Crippen LogP contribution in [0.5, 0.6) is 5.75 Å². The molecule has 0 spiro atoms. The fraction of sp³-hybridized carbons (Fsp3) is 0.395. The van der Waals surface area contributed by atoms with Crippen LogP contribution in [-0.2, 0) is 14.3 Å². The molecule has 1 aliphatic carbocycles. The number of hydrogen-bond donors (Lipinski definition) is 3. The van der Waals surface area contributed by atoms with Gasteiger partial charge in [-0.05, 0) is 62.9 Å². The van der Waals surface area contributed by atoms with Crippen LogP contribution in [0.15, 0.2) is 61.1 Å². The summed E-state index contributed by atoms with van der Waals surface area (Å²) in [6, 6.07) is 12.0. The molecule has 8 rings (SSSR count). The van der Waals surface area contributed by atoms with Crippen molar-refractivity contribution in [1.29, 1.82) is 0 Å². The molecule has 2 aromatic carbocycles. The summed E-state index contributed by atoms with van der Waals surface area (Å²) in [5.41, 5.74) is 3.85. The second-order valence-electron chi connectivity index (χ2n) is 14.1. The van der Waals surface area contributed by atoms with E-state index in [1.165, 1.54) is 0 Å². The molecule has 1 unspecified atom stereocenters. The summed E-state index contributed by atoms with van der Waals surface area (Å²) in [7, 11) is 0. The number of H-pyrrole nitrogens is 1. The number of allylic oxidation sites excluding steroid dienone is 1. The molecular formula is C38H41N9O6. The van der Waals surface area contributed by atoms with Gasteiger partial charge in [-0.15, -0.1) is 0 Å². The number of carbonyl (C=O) groups excluding carboxylic acids is 4. The summed E-state index contributed by atoms with van der Waals surface area (Å²) in [5.74, 6) is 0.225. The first-order chi connectivity index (χ1) is 25.7. The summed E-state index contributed by atoms with van der Waals surface area (Å²) in [5, 5.41) is 14.4. The largest absolute Gasteiger partial charge is 0.488 e. The Balaban J connectivity index is 0.791.